The second-order valence-electron chi connectivity index (χ2n) is 10.4. The lowest BCUT2D eigenvalue weighted by Crippen LogP contribution is -2.25. The molecular weight excluding hydrogens is 446 g/mol. The molecule has 4 aromatic rings. The van der Waals surface area contributed by atoms with Crippen LogP contribution < -0.4 is 10.1 Å². The number of nitrogens with one attached hydrogen (secondary N) is 1. The molecule has 3 aromatic carbocycles. The molecule has 4 rings (SSSR count). The number of para-hydroxylation sites is 2. The number of carbonyl (C=O) groups is 1. The Labute approximate surface area is 214 Å². The van der Waals surface area contributed by atoms with E-state index < -0.39 is 0 Å². The minimum absolute atomic E-state index is 0.0279. The predicted octanol–water partition coefficient (Wildman–Crippen LogP) is 6.47. The quantitative estimate of drug-likeness (QED) is 0.263. The summed E-state index contributed by atoms with van der Waals surface area (Å²) >= 11 is 0. The molecule has 1 heterocycles. The van der Waals surface area contributed by atoms with Crippen LogP contribution in [0.2, 0.25) is 0 Å². The van der Waals surface area contributed by atoms with Crippen LogP contribution in [0.1, 0.15) is 60.9 Å². The van der Waals surface area contributed by atoms with E-state index in [1.165, 1.54) is 5.56 Å². The number of nitrogens with zero attached hydrogens (tertiary/aromatic N) is 2. The molecular formula is C31H37N3O2. The van der Waals surface area contributed by atoms with E-state index in [1.807, 2.05) is 37.3 Å². The Morgan fingerprint density at radius 3 is 2.50 bits per heavy atom. The normalized spacial score (nSPS) is 11.6. The lowest BCUT2D eigenvalue weighted by molar-refractivity contribution is 0.0953. The van der Waals surface area contributed by atoms with Crippen molar-refractivity contribution < 1.29 is 9.53 Å². The summed E-state index contributed by atoms with van der Waals surface area (Å²) in [6, 6.07) is 24.3. The third-order valence-corrected chi connectivity index (χ3v) is 6.39. The molecule has 5 heteroatoms. The van der Waals surface area contributed by atoms with E-state index in [0.29, 0.717) is 18.7 Å². The molecule has 0 aliphatic rings. The van der Waals surface area contributed by atoms with Crippen LogP contribution in [-0.2, 0) is 18.4 Å². The number of hydrogen-bond donors (Lipinski definition) is 1. The Bertz CT molecular complexity index is 1300. The van der Waals surface area contributed by atoms with Crippen LogP contribution >= 0.6 is 0 Å². The molecule has 0 aliphatic carbocycles. The third-order valence-electron chi connectivity index (χ3n) is 6.39. The summed E-state index contributed by atoms with van der Waals surface area (Å²) in [4.78, 5) is 17.3. The average molecular weight is 484 g/mol. The molecule has 0 saturated carbocycles. The van der Waals surface area contributed by atoms with Crippen molar-refractivity contribution in [3.05, 3.63) is 95.3 Å². The minimum Gasteiger partial charge on any atom is -0.494 e. The molecule has 36 heavy (non-hydrogen) atoms. The molecule has 1 N–H and O–H groups in total. The van der Waals surface area contributed by atoms with Crippen LogP contribution in [0, 0.1) is 6.92 Å². The summed E-state index contributed by atoms with van der Waals surface area (Å²) in [6.07, 6.45) is 2.52. The van der Waals surface area contributed by atoms with Gasteiger partial charge in [-0.15, -0.1) is 0 Å². The summed E-state index contributed by atoms with van der Waals surface area (Å²) in [7, 11) is 0. The van der Waals surface area contributed by atoms with E-state index in [2.05, 4.69) is 73.1 Å². The minimum atomic E-state index is -0.0279. The summed E-state index contributed by atoms with van der Waals surface area (Å²) in [5.74, 6) is 1.93. The Morgan fingerprint density at radius 1 is 0.972 bits per heavy atom. The molecule has 0 spiro atoms. The second-order valence-corrected chi connectivity index (χ2v) is 10.4. The van der Waals surface area contributed by atoms with Crippen molar-refractivity contribution in [1.29, 1.82) is 0 Å². The van der Waals surface area contributed by atoms with Crippen molar-refractivity contribution in [3.8, 4) is 5.75 Å². The zero-order valence-corrected chi connectivity index (χ0v) is 21.9. The lowest BCUT2D eigenvalue weighted by Gasteiger charge is -2.19. The summed E-state index contributed by atoms with van der Waals surface area (Å²) < 4.78 is 8.31. The number of benzene rings is 3. The number of ether oxygens (including phenoxy) is 1. The van der Waals surface area contributed by atoms with Gasteiger partial charge in [-0.1, -0.05) is 62.7 Å². The Kier molecular flexibility index (Phi) is 8.09. The number of amides is 1. The van der Waals surface area contributed by atoms with Crippen molar-refractivity contribution in [3.63, 3.8) is 0 Å². The van der Waals surface area contributed by atoms with Crippen molar-refractivity contribution >= 4 is 16.9 Å². The maximum absolute atomic E-state index is 12.4. The predicted molar refractivity (Wildman–Crippen MR) is 147 cm³/mol. The monoisotopic (exact) mass is 483 g/mol. The third kappa shape index (κ3) is 6.54. The van der Waals surface area contributed by atoms with E-state index in [1.54, 1.807) is 0 Å². The van der Waals surface area contributed by atoms with Gasteiger partial charge in [0.25, 0.3) is 5.91 Å². The van der Waals surface area contributed by atoms with Crippen molar-refractivity contribution in [1.82, 2.24) is 14.9 Å². The van der Waals surface area contributed by atoms with Gasteiger partial charge in [0, 0.05) is 25.1 Å². The van der Waals surface area contributed by atoms with Crippen molar-refractivity contribution in [2.24, 2.45) is 0 Å². The number of carbonyl (C=O) groups excluding carboxylic acids is 1. The molecule has 0 atom stereocenters. The van der Waals surface area contributed by atoms with Crippen molar-refractivity contribution in [2.75, 3.05) is 13.2 Å². The van der Waals surface area contributed by atoms with E-state index in [4.69, 9.17) is 9.72 Å². The summed E-state index contributed by atoms with van der Waals surface area (Å²) in [5, 5.41) is 3.04. The fourth-order valence-electron chi connectivity index (χ4n) is 4.37. The van der Waals surface area contributed by atoms with Gasteiger partial charge in [-0.25, -0.2) is 4.98 Å². The number of imidazole rings is 1. The maximum atomic E-state index is 12.4. The molecule has 0 unspecified atom stereocenters. The maximum Gasteiger partial charge on any atom is 0.251 e. The largest absolute Gasteiger partial charge is 0.494 e. The fraction of sp³-hybridized carbons (Fsp3) is 0.355. The first-order valence-electron chi connectivity index (χ1n) is 12.8. The van der Waals surface area contributed by atoms with Gasteiger partial charge >= 0.3 is 0 Å². The topological polar surface area (TPSA) is 56.2 Å². The highest BCUT2D eigenvalue weighted by atomic mass is 16.5. The Balaban J connectivity index is 1.31. The highest BCUT2D eigenvalue weighted by molar-refractivity contribution is 5.94. The SMILES string of the molecule is Cc1cccc(C(=O)NCCCc2nc3ccccc3n2CCCOc2ccc(C(C)(C)C)cc2)c1. The molecule has 1 amide bonds. The van der Waals surface area contributed by atoms with Gasteiger partial charge in [-0.2, -0.15) is 0 Å². The highest BCUT2D eigenvalue weighted by Gasteiger charge is 2.13. The van der Waals surface area contributed by atoms with Crippen LogP contribution in [0.4, 0.5) is 0 Å². The molecule has 5 nitrogen and oxygen atoms in total. The number of aryl methyl sites for hydroxylation is 3. The van der Waals surface area contributed by atoms with Gasteiger partial charge in [0.05, 0.1) is 17.6 Å². The molecule has 1 aromatic heterocycles. The molecule has 0 saturated heterocycles. The van der Waals surface area contributed by atoms with E-state index in [0.717, 1.165) is 54.0 Å². The first kappa shape index (κ1) is 25.5. The first-order valence-corrected chi connectivity index (χ1v) is 12.8. The van der Waals surface area contributed by atoms with Crippen LogP contribution in [0.25, 0.3) is 11.0 Å². The molecule has 0 fully saturated rings. The van der Waals surface area contributed by atoms with Gasteiger partial charge in [-0.3, -0.25) is 4.79 Å². The number of hydrogen-bond acceptors (Lipinski definition) is 3. The van der Waals surface area contributed by atoms with E-state index in [9.17, 15) is 4.79 Å². The van der Waals surface area contributed by atoms with Gasteiger partial charge < -0.3 is 14.6 Å². The number of fused-ring (bicyclic) bond motifs is 1. The number of aromatic nitrogens is 2. The van der Waals surface area contributed by atoms with Crippen LogP contribution in [-0.4, -0.2) is 28.6 Å². The molecule has 0 aliphatic heterocycles. The van der Waals surface area contributed by atoms with E-state index in [-0.39, 0.29) is 11.3 Å². The van der Waals surface area contributed by atoms with Gasteiger partial charge in [-0.05, 0) is 67.1 Å². The van der Waals surface area contributed by atoms with Gasteiger partial charge in [0.2, 0.25) is 0 Å². The molecule has 0 bridgehead atoms. The van der Waals surface area contributed by atoms with Crippen LogP contribution in [0.3, 0.4) is 0 Å². The molecule has 188 valence electrons. The second kappa shape index (κ2) is 11.4. The van der Waals surface area contributed by atoms with E-state index >= 15 is 0 Å². The zero-order chi connectivity index (χ0) is 25.5. The average Bonchev–Trinajstić information content (AvgIpc) is 3.21. The van der Waals surface area contributed by atoms with Crippen LogP contribution in [0.15, 0.2) is 72.8 Å². The Hall–Kier alpha value is -3.60. The lowest BCUT2D eigenvalue weighted by atomic mass is 9.87. The van der Waals surface area contributed by atoms with Gasteiger partial charge in [0.1, 0.15) is 11.6 Å². The highest BCUT2D eigenvalue weighted by Crippen LogP contribution is 2.24. The first-order chi connectivity index (χ1) is 17.3. The van der Waals surface area contributed by atoms with Gasteiger partial charge in [0.15, 0.2) is 0 Å². The standard InChI is InChI=1S/C31H37N3O2/c1-23-10-7-11-24(22-23)30(35)32-19-8-14-29-33-27-12-5-6-13-28(27)34(29)20-9-21-36-26-17-15-25(16-18-26)31(2,3)4/h5-7,10-13,15-18,22H,8-9,14,19-21H2,1-4H3,(H,32,35). The van der Waals surface area contributed by atoms with Crippen molar-refractivity contribution in [2.45, 2.75) is 58.9 Å². The zero-order valence-electron chi connectivity index (χ0n) is 21.9. The summed E-state index contributed by atoms with van der Waals surface area (Å²) in [6.45, 7) is 10.7. The smallest absolute Gasteiger partial charge is 0.251 e. The number of rotatable bonds is 10. The summed E-state index contributed by atoms with van der Waals surface area (Å²) in [5.41, 5.74) is 5.39. The fourth-order valence-corrected chi connectivity index (χ4v) is 4.37. The van der Waals surface area contributed by atoms with Crippen LogP contribution in [0.5, 0.6) is 5.75 Å². The Morgan fingerprint density at radius 2 is 1.75 bits per heavy atom. The molecule has 0 radical (unpaired) electrons.